The molecule has 0 unspecified atom stereocenters. The molecule has 0 radical (unpaired) electrons. The van der Waals surface area contributed by atoms with E-state index in [0.717, 1.165) is 0 Å². The molecule has 2 nitrogen and oxygen atoms in total. The number of nitrogens with two attached hydrogens (primary N) is 1. The molecule has 0 amide bonds. The maximum Gasteiger partial charge on any atom is 0.310 e. The molecule has 1 aromatic carbocycles. The first-order valence-electron chi connectivity index (χ1n) is 4.52. The number of Topliss-reactive ketones (excluding diaryl/α,β-unsaturated/α-hetero) is 1. The van der Waals surface area contributed by atoms with Gasteiger partial charge < -0.3 is 5.73 Å². The van der Waals surface area contributed by atoms with Crippen molar-refractivity contribution in [3.05, 3.63) is 23.8 Å². The van der Waals surface area contributed by atoms with E-state index in [1.165, 1.54) is 7.85 Å². The number of carbonyl (C=O) groups is 1. The standard InChI is InChI=1S/C8H9BF5NOS/c9-4-8(16)6-2-1-5(3-7(6)15)17(10,11,12,13)14/h1-3H,4,9,15H2. The van der Waals surface area contributed by atoms with Gasteiger partial charge in [0.05, 0.1) is 0 Å². The summed E-state index contributed by atoms with van der Waals surface area (Å²) in [5, 5.41) is 0. The molecule has 0 aliphatic heterocycles. The summed E-state index contributed by atoms with van der Waals surface area (Å²) in [4.78, 5) is 9.13. The normalized spacial score (nSPS) is 16.1. The summed E-state index contributed by atoms with van der Waals surface area (Å²) in [6.07, 6.45) is 0.0277. The maximum absolute atomic E-state index is 12.4. The molecule has 2 N–H and O–H groups in total. The fourth-order valence-electron chi connectivity index (χ4n) is 1.23. The molecule has 0 saturated carbocycles. The van der Waals surface area contributed by atoms with Crippen LogP contribution in [-0.4, -0.2) is 13.6 Å². The number of hydrogen-bond donors (Lipinski definition) is 1. The van der Waals surface area contributed by atoms with Crippen molar-refractivity contribution < 1.29 is 24.2 Å². The molecule has 0 aliphatic rings. The molecular formula is C8H9BF5NOS. The number of benzene rings is 1. The highest BCUT2D eigenvalue weighted by molar-refractivity contribution is 8.45. The van der Waals surface area contributed by atoms with Crippen LogP contribution >= 0.6 is 10.2 Å². The zero-order chi connectivity index (χ0) is 13.5. The quantitative estimate of drug-likeness (QED) is 0.398. The Morgan fingerprint density at radius 3 is 2.12 bits per heavy atom. The van der Waals surface area contributed by atoms with Crippen molar-refractivity contribution in [3.63, 3.8) is 0 Å². The van der Waals surface area contributed by atoms with Gasteiger partial charge in [-0.25, -0.2) is 0 Å². The van der Waals surface area contributed by atoms with Crippen LogP contribution in [0.15, 0.2) is 23.1 Å². The van der Waals surface area contributed by atoms with Crippen LogP contribution in [-0.2, 0) is 0 Å². The van der Waals surface area contributed by atoms with Crippen molar-refractivity contribution in [3.8, 4) is 0 Å². The molecule has 0 heterocycles. The van der Waals surface area contributed by atoms with Gasteiger partial charge in [-0.1, -0.05) is 19.4 Å². The average Bonchev–Trinajstić information content (AvgIpc) is 2.13. The second kappa shape index (κ2) is 3.15. The number of anilines is 1. The predicted octanol–water partition coefficient (Wildman–Crippen LogP) is 3.16. The lowest BCUT2D eigenvalue weighted by molar-refractivity contribution is 0.101. The first-order valence-corrected chi connectivity index (χ1v) is 6.47. The van der Waals surface area contributed by atoms with E-state index in [-0.39, 0.29) is 24.0 Å². The monoisotopic (exact) mass is 273 g/mol. The van der Waals surface area contributed by atoms with Crippen molar-refractivity contribution >= 4 is 29.5 Å². The van der Waals surface area contributed by atoms with Crippen LogP contribution in [0.4, 0.5) is 25.1 Å². The number of nitrogen functional groups attached to an aromatic ring is 1. The summed E-state index contributed by atoms with van der Waals surface area (Å²) in [6.45, 7) is 0. The Labute approximate surface area is 95.1 Å². The summed E-state index contributed by atoms with van der Waals surface area (Å²) < 4.78 is 62.0. The van der Waals surface area contributed by atoms with Gasteiger partial charge >= 0.3 is 10.2 Å². The minimum Gasteiger partial charge on any atom is -0.398 e. The first-order chi connectivity index (χ1) is 7.35. The number of ketones is 1. The molecule has 0 aliphatic carbocycles. The van der Waals surface area contributed by atoms with E-state index in [9.17, 15) is 24.2 Å². The van der Waals surface area contributed by atoms with Crippen LogP contribution in [0, 0.1) is 0 Å². The summed E-state index contributed by atoms with van der Waals surface area (Å²) in [5.74, 6) is -0.504. The van der Waals surface area contributed by atoms with Gasteiger partial charge in [0.2, 0.25) is 0 Å². The summed E-state index contributed by atoms with van der Waals surface area (Å²) in [7, 11) is -8.24. The van der Waals surface area contributed by atoms with Crippen LogP contribution in [0.2, 0.25) is 6.32 Å². The van der Waals surface area contributed by atoms with E-state index >= 15 is 0 Å². The third-order valence-electron chi connectivity index (χ3n) is 2.09. The zero-order valence-electron chi connectivity index (χ0n) is 8.72. The molecule has 0 bridgehead atoms. The van der Waals surface area contributed by atoms with E-state index in [2.05, 4.69) is 0 Å². The molecule has 1 rings (SSSR count). The van der Waals surface area contributed by atoms with Gasteiger partial charge in [0.15, 0.2) is 5.78 Å². The summed E-state index contributed by atoms with van der Waals surface area (Å²) >= 11 is 0. The zero-order valence-corrected chi connectivity index (χ0v) is 9.54. The van der Waals surface area contributed by atoms with Gasteiger partial charge in [0, 0.05) is 11.3 Å². The molecule has 1 aromatic rings. The number of carbonyl (C=O) groups excluding carboxylic acids is 1. The third kappa shape index (κ3) is 3.12. The van der Waals surface area contributed by atoms with Gasteiger partial charge in [-0.3, -0.25) is 4.79 Å². The third-order valence-corrected chi connectivity index (χ3v) is 3.23. The average molecular weight is 273 g/mol. The molecule has 96 valence electrons. The molecule has 0 atom stereocenters. The lowest BCUT2D eigenvalue weighted by atomic mass is 9.95. The highest BCUT2D eigenvalue weighted by Gasteiger charge is 2.65. The van der Waals surface area contributed by atoms with Gasteiger partial charge in [-0.2, -0.15) is 0 Å². The topological polar surface area (TPSA) is 43.1 Å². The van der Waals surface area contributed by atoms with Crippen molar-refractivity contribution in [1.82, 2.24) is 0 Å². The molecule has 0 fully saturated rings. The largest absolute Gasteiger partial charge is 0.398 e. The Bertz CT molecular complexity index is 486. The highest BCUT2D eigenvalue weighted by atomic mass is 32.5. The Kier molecular flexibility index (Phi) is 2.56. The van der Waals surface area contributed by atoms with Crippen molar-refractivity contribution in [1.29, 1.82) is 0 Å². The van der Waals surface area contributed by atoms with Gasteiger partial charge in [-0.15, -0.1) is 0 Å². The van der Waals surface area contributed by atoms with Crippen LogP contribution in [0.1, 0.15) is 10.4 Å². The van der Waals surface area contributed by atoms with Crippen LogP contribution in [0.5, 0.6) is 0 Å². The number of hydrogen-bond acceptors (Lipinski definition) is 2. The van der Waals surface area contributed by atoms with Crippen molar-refractivity contribution in [2.75, 3.05) is 5.73 Å². The van der Waals surface area contributed by atoms with E-state index in [1.807, 2.05) is 0 Å². The molecule has 17 heavy (non-hydrogen) atoms. The Morgan fingerprint density at radius 1 is 1.24 bits per heavy atom. The van der Waals surface area contributed by atoms with Crippen molar-refractivity contribution in [2.45, 2.75) is 11.2 Å². The van der Waals surface area contributed by atoms with E-state index in [0.29, 0.717) is 6.07 Å². The Morgan fingerprint density at radius 2 is 1.76 bits per heavy atom. The smallest absolute Gasteiger partial charge is 0.310 e. The summed E-state index contributed by atoms with van der Waals surface area (Å²) in [5.41, 5.74) is 4.40. The molecule has 0 aromatic heterocycles. The molecule has 9 heteroatoms. The van der Waals surface area contributed by atoms with E-state index in [4.69, 9.17) is 5.73 Å². The molecule has 0 spiro atoms. The minimum absolute atomic E-state index is 0.0277. The number of halogens is 5. The Balaban J connectivity index is 3.39. The molecule has 0 saturated heterocycles. The summed E-state index contributed by atoms with van der Waals surface area (Å²) in [6, 6.07) is 0.958. The van der Waals surface area contributed by atoms with Gasteiger partial charge in [0.25, 0.3) is 0 Å². The van der Waals surface area contributed by atoms with E-state index < -0.39 is 26.6 Å². The van der Waals surface area contributed by atoms with Crippen LogP contribution < -0.4 is 5.73 Å². The highest BCUT2D eigenvalue weighted by Crippen LogP contribution is 3.02. The predicted molar refractivity (Wildman–Crippen MR) is 59.9 cm³/mol. The second-order valence-corrected chi connectivity index (χ2v) is 5.90. The van der Waals surface area contributed by atoms with Crippen LogP contribution in [0.25, 0.3) is 0 Å². The molecular weight excluding hydrogens is 264 g/mol. The van der Waals surface area contributed by atoms with Gasteiger partial charge in [-0.05, 0) is 24.5 Å². The van der Waals surface area contributed by atoms with Gasteiger partial charge in [0.1, 0.15) is 12.7 Å². The fourth-order valence-corrected chi connectivity index (χ4v) is 1.90. The SMILES string of the molecule is BCC(=O)c1ccc(S(F)(F)(F)(F)F)cc1N. The lowest BCUT2D eigenvalue weighted by Crippen LogP contribution is -2.09. The minimum atomic E-state index is -9.73. The Hall–Kier alpha value is -1.25. The lowest BCUT2D eigenvalue weighted by Gasteiger charge is -2.40. The fraction of sp³-hybridized carbons (Fsp3) is 0.125. The number of rotatable bonds is 3. The first kappa shape index (κ1) is 13.8. The maximum atomic E-state index is 12.4. The second-order valence-electron chi connectivity index (χ2n) is 3.49. The van der Waals surface area contributed by atoms with Crippen LogP contribution in [0.3, 0.4) is 0 Å². The van der Waals surface area contributed by atoms with Crippen molar-refractivity contribution in [2.24, 2.45) is 0 Å². The van der Waals surface area contributed by atoms with E-state index in [1.54, 1.807) is 0 Å².